The molecule has 0 fully saturated rings. The van der Waals surface area contributed by atoms with Crippen LogP contribution >= 0.6 is 0 Å². The highest BCUT2D eigenvalue weighted by atomic mass is 16.5. The molecule has 88 valence electrons. The van der Waals surface area contributed by atoms with E-state index in [9.17, 15) is 4.79 Å². The largest absolute Gasteiger partial charge is 0.497 e. The lowest BCUT2D eigenvalue weighted by atomic mass is 10.2. The van der Waals surface area contributed by atoms with Gasteiger partial charge >= 0.3 is 5.97 Å². The zero-order chi connectivity index (χ0) is 12.4. The lowest BCUT2D eigenvalue weighted by Crippen LogP contribution is -2.06. The van der Waals surface area contributed by atoms with Crippen molar-refractivity contribution in [3.05, 3.63) is 29.7 Å². The second-order valence-corrected chi connectivity index (χ2v) is 3.68. The number of hydrogen-bond acceptors (Lipinski definition) is 4. The molecule has 0 aliphatic carbocycles. The van der Waals surface area contributed by atoms with Crippen LogP contribution < -0.4 is 4.74 Å². The molecule has 2 rings (SSSR count). The fraction of sp³-hybridized carbons (Fsp3) is 0.250. The summed E-state index contributed by atoms with van der Waals surface area (Å²) in [7, 11) is 1.58. The molecule has 0 amide bonds. The maximum atomic E-state index is 10.6. The van der Waals surface area contributed by atoms with E-state index in [4.69, 9.17) is 9.84 Å². The van der Waals surface area contributed by atoms with Crippen LogP contribution in [-0.2, 0) is 11.2 Å². The van der Waals surface area contributed by atoms with Crippen LogP contribution in [-0.4, -0.2) is 28.2 Å². The van der Waals surface area contributed by atoms with E-state index in [2.05, 4.69) is 9.97 Å². The molecule has 0 saturated heterocycles. The first-order valence-electron chi connectivity index (χ1n) is 5.13. The molecule has 0 radical (unpaired) electrons. The van der Waals surface area contributed by atoms with Crippen molar-refractivity contribution in [3.8, 4) is 5.75 Å². The molecular formula is C12H12N2O3. The van der Waals surface area contributed by atoms with Crippen molar-refractivity contribution in [2.75, 3.05) is 7.11 Å². The highest BCUT2D eigenvalue weighted by molar-refractivity contribution is 5.82. The molecule has 17 heavy (non-hydrogen) atoms. The van der Waals surface area contributed by atoms with E-state index in [1.165, 1.54) is 0 Å². The normalized spacial score (nSPS) is 10.5. The fourth-order valence-corrected chi connectivity index (χ4v) is 1.67. The number of fused-ring (bicyclic) bond motifs is 1. The van der Waals surface area contributed by atoms with Crippen LogP contribution in [0.3, 0.4) is 0 Å². The summed E-state index contributed by atoms with van der Waals surface area (Å²) in [5.74, 6) is 0.0688. The molecule has 0 saturated carbocycles. The number of methoxy groups -OCH3 is 1. The minimum atomic E-state index is -0.938. The van der Waals surface area contributed by atoms with E-state index < -0.39 is 5.97 Å². The van der Waals surface area contributed by atoms with Crippen molar-refractivity contribution in [3.63, 3.8) is 0 Å². The molecule has 2 aromatic rings. The van der Waals surface area contributed by atoms with Gasteiger partial charge in [-0.2, -0.15) is 0 Å². The van der Waals surface area contributed by atoms with E-state index in [1.807, 2.05) is 19.1 Å². The van der Waals surface area contributed by atoms with Crippen LogP contribution in [0.1, 0.15) is 11.5 Å². The van der Waals surface area contributed by atoms with E-state index in [0.717, 1.165) is 11.1 Å². The summed E-state index contributed by atoms with van der Waals surface area (Å²) in [5.41, 5.74) is 1.47. The molecule has 5 nitrogen and oxygen atoms in total. The van der Waals surface area contributed by atoms with Gasteiger partial charge in [0.05, 0.1) is 12.6 Å². The summed E-state index contributed by atoms with van der Waals surface area (Å²) in [5, 5.41) is 9.63. The highest BCUT2D eigenvalue weighted by Gasteiger charge is 2.08. The number of aliphatic carboxylic acids is 1. The van der Waals surface area contributed by atoms with Crippen LogP contribution in [0.15, 0.2) is 18.2 Å². The lowest BCUT2D eigenvalue weighted by Gasteiger charge is -2.06. The Labute approximate surface area is 98.1 Å². The number of carbonyl (C=O) groups is 1. The van der Waals surface area contributed by atoms with E-state index in [1.54, 1.807) is 13.2 Å². The van der Waals surface area contributed by atoms with E-state index >= 15 is 0 Å². The number of hydrogen-bond donors (Lipinski definition) is 1. The summed E-state index contributed by atoms with van der Waals surface area (Å²) in [4.78, 5) is 19.0. The minimum Gasteiger partial charge on any atom is -0.497 e. The van der Waals surface area contributed by atoms with Crippen LogP contribution in [0.2, 0.25) is 0 Å². The molecule has 0 unspecified atom stereocenters. The summed E-state index contributed by atoms with van der Waals surface area (Å²) in [6.07, 6.45) is -0.173. The number of ether oxygens (including phenoxy) is 1. The summed E-state index contributed by atoms with van der Waals surface area (Å²) >= 11 is 0. The first-order valence-corrected chi connectivity index (χ1v) is 5.13. The Balaban J connectivity index is 2.57. The topological polar surface area (TPSA) is 72.3 Å². The Bertz CT molecular complexity index is 581. The fourth-order valence-electron chi connectivity index (χ4n) is 1.67. The molecule has 1 aromatic heterocycles. The van der Waals surface area contributed by atoms with Crippen molar-refractivity contribution in [2.24, 2.45) is 0 Å². The lowest BCUT2D eigenvalue weighted by molar-refractivity contribution is -0.136. The van der Waals surface area contributed by atoms with Gasteiger partial charge < -0.3 is 9.84 Å². The Kier molecular flexibility index (Phi) is 2.91. The first-order chi connectivity index (χ1) is 8.10. The number of benzene rings is 1. The third-order valence-electron chi connectivity index (χ3n) is 2.45. The van der Waals surface area contributed by atoms with Gasteiger partial charge in [-0.3, -0.25) is 4.79 Å². The Morgan fingerprint density at radius 2 is 2.18 bits per heavy atom. The second-order valence-electron chi connectivity index (χ2n) is 3.68. The number of rotatable bonds is 3. The molecule has 0 atom stereocenters. The maximum absolute atomic E-state index is 10.6. The zero-order valence-corrected chi connectivity index (χ0v) is 9.60. The van der Waals surface area contributed by atoms with E-state index in [0.29, 0.717) is 17.1 Å². The number of aryl methyl sites for hydroxylation is 1. The summed E-state index contributed by atoms with van der Waals surface area (Å²) in [6.45, 7) is 1.84. The number of carboxylic acid groups (broad SMARTS) is 1. The second kappa shape index (κ2) is 4.37. The minimum absolute atomic E-state index is 0.173. The summed E-state index contributed by atoms with van der Waals surface area (Å²) in [6, 6.07) is 5.47. The van der Waals surface area contributed by atoms with Gasteiger partial charge in [-0.1, -0.05) is 0 Å². The molecule has 1 N–H and O–H groups in total. The molecule has 0 spiro atoms. The highest BCUT2D eigenvalue weighted by Crippen LogP contribution is 2.21. The molecular weight excluding hydrogens is 220 g/mol. The Morgan fingerprint density at radius 3 is 2.82 bits per heavy atom. The smallest absolute Gasteiger partial charge is 0.311 e. The number of aromatic nitrogens is 2. The molecule has 1 heterocycles. The van der Waals surface area contributed by atoms with Gasteiger partial charge in [-0.15, -0.1) is 0 Å². The van der Waals surface area contributed by atoms with Crippen molar-refractivity contribution >= 4 is 16.9 Å². The number of carboxylic acids is 1. The van der Waals surface area contributed by atoms with Gasteiger partial charge in [0.25, 0.3) is 0 Å². The average molecular weight is 232 g/mol. The molecule has 0 aliphatic heterocycles. The average Bonchev–Trinajstić information content (AvgIpc) is 2.27. The van der Waals surface area contributed by atoms with Crippen LogP contribution in [0.5, 0.6) is 5.75 Å². The Hall–Kier alpha value is -2.17. The third-order valence-corrected chi connectivity index (χ3v) is 2.45. The molecule has 0 aliphatic rings. The molecule has 1 aromatic carbocycles. The number of nitrogens with zero attached hydrogens (tertiary/aromatic N) is 2. The van der Waals surface area contributed by atoms with Crippen molar-refractivity contribution < 1.29 is 14.6 Å². The monoisotopic (exact) mass is 232 g/mol. The molecule has 5 heteroatoms. The summed E-state index contributed by atoms with van der Waals surface area (Å²) < 4.78 is 5.11. The first kappa shape index (κ1) is 11.3. The van der Waals surface area contributed by atoms with Gasteiger partial charge in [0.15, 0.2) is 0 Å². The zero-order valence-electron chi connectivity index (χ0n) is 9.60. The molecule has 0 bridgehead atoms. The van der Waals surface area contributed by atoms with Gasteiger partial charge in [-0.25, -0.2) is 9.97 Å². The SMILES string of the molecule is COc1ccc2c(C)nc(CC(=O)O)nc2c1. The third kappa shape index (κ3) is 2.33. The standard InChI is InChI=1S/C12H12N2O3/c1-7-9-4-3-8(17-2)5-10(9)14-11(13-7)6-12(15)16/h3-5H,6H2,1-2H3,(H,15,16). The Morgan fingerprint density at radius 1 is 1.41 bits per heavy atom. The van der Waals surface area contributed by atoms with Crippen LogP contribution in [0, 0.1) is 6.92 Å². The van der Waals surface area contributed by atoms with Crippen molar-refractivity contribution in [1.82, 2.24) is 9.97 Å². The van der Waals surface area contributed by atoms with Gasteiger partial charge in [-0.05, 0) is 19.1 Å². The van der Waals surface area contributed by atoms with Crippen molar-refractivity contribution in [2.45, 2.75) is 13.3 Å². The van der Waals surface area contributed by atoms with Crippen LogP contribution in [0.4, 0.5) is 0 Å². The van der Waals surface area contributed by atoms with Gasteiger partial charge in [0, 0.05) is 17.1 Å². The predicted molar refractivity (Wildman–Crippen MR) is 62.2 cm³/mol. The predicted octanol–water partition coefficient (Wildman–Crippen LogP) is 1.57. The van der Waals surface area contributed by atoms with E-state index in [-0.39, 0.29) is 6.42 Å². The quantitative estimate of drug-likeness (QED) is 0.869. The van der Waals surface area contributed by atoms with Gasteiger partial charge in [0.2, 0.25) is 0 Å². The van der Waals surface area contributed by atoms with Gasteiger partial charge in [0.1, 0.15) is 18.0 Å². The van der Waals surface area contributed by atoms with Crippen molar-refractivity contribution in [1.29, 1.82) is 0 Å². The maximum Gasteiger partial charge on any atom is 0.311 e. The van der Waals surface area contributed by atoms with Crippen LogP contribution in [0.25, 0.3) is 10.9 Å².